The Hall–Kier alpha value is -2.42. The van der Waals surface area contributed by atoms with Crippen molar-refractivity contribution in [2.24, 2.45) is 0 Å². The van der Waals surface area contributed by atoms with E-state index >= 15 is 0 Å². The molecule has 0 aliphatic heterocycles. The molecule has 2 nitrogen and oxygen atoms in total. The van der Waals surface area contributed by atoms with Crippen molar-refractivity contribution in [1.29, 1.82) is 0 Å². The van der Waals surface area contributed by atoms with Crippen LogP contribution in [0.3, 0.4) is 0 Å². The molecule has 3 aromatic carbocycles. The van der Waals surface area contributed by atoms with Gasteiger partial charge in [-0.3, -0.25) is 0 Å². The Morgan fingerprint density at radius 2 is 1.04 bits per heavy atom. The molecule has 2 heteroatoms. The third kappa shape index (κ3) is 3.91. The molecule has 0 saturated heterocycles. The number of aliphatic hydroxyl groups is 1. The molecule has 0 heterocycles. The van der Waals surface area contributed by atoms with Gasteiger partial charge in [-0.1, -0.05) is 91.0 Å². The van der Waals surface area contributed by atoms with Gasteiger partial charge in [0.05, 0.1) is 12.1 Å². The summed E-state index contributed by atoms with van der Waals surface area (Å²) in [5.74, 6) is 0. The minimum absolute atomic E-state index is 0.134. The number of nitrogens with one attached hydrogen (secondary N) is 1. The Labute approximate surface area is 143 Å². The zero-order valence-electron chi connectivity index (χ0n) is 13.8. The van der Waals surface area contributed by atoms with Crippen molar-refractivity contribution in [1.82, 2.24) is 5.32 Å². The second-order valence-corrected chi connectivity index (χ2v) is 6.04. The Kier molecular flexibility index (Phi) is 5.42. The van der Waals surface area contributed by atoms with E-state index in [0.29, 0.717) is 0 Å². The lowest BCUT2D eigenvalue weighted by molar-refractivity contribution is 0.123. The van der Waals surface area contributed by atoms with Crippen LogP contribution in [0.5, 0.6) is 0 Å². The van der Waals surface area contributed by atoms with Crippen LogP contribution in [0.1, 0.15) is 41.8 Å². The van der Waals surface area contributed by atoms with Gasteiger partial charge in [0.1, 0.15) is 0 Å². The highest BCUT2D eigenvalue weighted by molar-refractivity contribution is 5.27. The van der Waals surface area contributed by atoms with Crippen LogP contribution in [0.15, 0.2) is 91.0 Å². The molecule has 0 saturated carbocycles. The fourth-order valence-corrected chi connectivity index (χ4v) is 2.98. The third-order valence-electron chi connectivity index (χ3n) is 4.34. The lowest BCUT2D eigenvalue weighted by atomic mass is 9.94. The maximum atomic E-state index is 11.0. The summed E-state index contributed by atoms with van der Waals surface area (Å²) in [4.78, 5) is 0. The summed E-state index contributed by atoms with van der Waals surface area (Å²) in [6.07, 6.45) is -0.611. The Balaban J connectivity index is 1.88. The first-order valence-corrected chi connectivity index (χ1v) is 8.34. The van der Waals surface area contributed by atoms with Crippen molar-refractivity contribution in [3.05, 3.63) is 108 Å². The summed E-state index contributed by atoms with van der Waals surface area (Å²) >= 11 is 0. The van der Waals surface area contributed by atoms with Crippen LogP contribution in [0, 0.1) is 0 Å². The van der Waals surface area contributed by atoms with Gasteiger partial charge in [-0.05, 0) is 23.6 Å². The highest BCUT2D eigenvalue weighted by Gasteiger charge is 2.24. The van der Waals surface area contributed by atoms with Crippen LogP contribution in [0.4, 0.5) is 0 Å². The second-order valence-electron chi connectivity index (χ2n) is 6.04. The van der Waals surface area contributed by atoms with Crippen molar-refractivity contribution in [2.45, 2.75) is 25.1 Å². The average molecular weight is 317 g/mol. The van der Waals surface area contributed by atoms with E-state index in [2.05, 4.69) is 36.5 Å². The molecule has 0 aliphatic rings. The third-order valence-corrected chi connectivity index (χ3v) is 4.34. The largest absolute Gasteiger partial charge is 0.386 e. The quantitative estimate of drug-likeness (QED) is 0.683. The standard InChI is InChI=1S/C22H23NO/c1-17(18-11-5-2-6-12-18)23-21(19-13-7-3-8-14-19)22(24)20-15-9-4-10-16-20/h2-17,21-24H,1H3/t17?,21-,22+/m1/s1. The normalized spacial score (nSPS) is 14.8. The summed E-state index contributed by atoms with van der Waals surface area (Å²) in [7, 11) is 0. The SMILES string of the molecule is CC(N[C@H](c1ccccc1)[C@@H](O)c1ccccc1)c1ccccc1. The van der Waals surface area contributed by atoms with Crippen LogP contribution in [0.2, 0.25) is 0 Å². The number of hydrogen-bond acceptors (Lipinski definition) is 2. The van der Waals surface area contributed by atoms with Crippen LogP contribution >= 0.6 is 0 Å². The van der Waals surface area contributed by atoms with Crippen molar-refractivity contribution >= 4 is 0 Å². The smallest absolute Gasteiger partial charge is 0.0984 e. The monoisotopic (exact) mass is 317 g/mol. The van der Waals surface area contributed by atoms with Gasteiger partial charge in [0.2, 0.25) is 0 Å². The highest BCUT2D eigenvalue weighted by atomic mass is 16.3. The van der Waals surface area contributed by atoms with Gasteiger partial charge in [-0.25, -0.2) is 0 Å². The van der Waals surface area contributed by atoms with E-state index < -0.39 is 6.10 Å². The molecule has 2 N–H and O–H groups in total. The van der Waals surface area contributed by atoms with E-state index in [1.54, 1.807) is 0 Å². The first-order chi connectivity index (χ1) is 11.8. The second kappa shape index (κ2) is 7.91. The molecular weight excluding hydrogens is 294 g/mol. The molecule has 3 atom stereocenters. The molecule has 0 radical (unpaired) electrons. The van der Waals surface area contributed by atoms with E-state index in [9.17, 15) is 5.11 Å². The van der Waals surface area contributed by atoms with Gasteiger partial charge < -0.3 is 10.4 Å². The van der Waals surface area contributed by atoms with E-state index in [-0.39, 0.29) is 12.1 Å². The maximum Gasteiger partial charge on any atom is 0.0984 e. The van der Waals surface area contributed by atoms with Crippen molar-refractivity contribution < 1.29 is 5.11 Å². The number of benzene rings is 3. The zero-order valence-corrected chi connectivity index (χ0v) is 13.8. The van der Waals surface area contributed by atoms with Crippen molar-refractivity contribution in [3.8, 4) is 0 Å². The van der Waals surface area contributed by atoms with Gasteiger partial charge in [0.25, 0.3) is 0 Å². The summed E-state index contributed by atoms with van der Waals surface area (Å²) in [6, 6.07) is 30.2. The first kappa shape index (κ1) is 16.4. The van der Waals surface area contributed by atoms with Crippen LogP contribution in [-0.2, 0) is 0 Å². The number of hydrogen-bond donors (Lipinski definition) is 2. The molecule has 0 aliphatic carbocycles. The van der Waals surface area contributed by atoms with Crippen LogP contribution < -0.4 is 5.32 Å². The van der Waals surface area contributed by atoms with E-state index in [1.807, 2.05) is 66.7 Å². The first-order valence-electron chi connectivity index (χ1n) is 8.34. The Morgan fingerprint density at radius 3 is 1.54 bits per heavy atom. The molecule has 3 rings (SSSR count). The lowest BCUT2D eigenvalue weighted by Crippen LogP contribution is -2.29. The van der Waals surface area contributed by atoms with Gasteiger partial charge in [0, 0.05) is 6.04 Å². The molecule has 0 bridgehead atoms. The van der Waals surface area contributed by atoms with Gasteiger partial charge >= 0.3 is 0 Å². The average Bonchev–Trinajstić information content (AvgIpc) is 2.67. The lowest BCUT2D eigenvalue weighted by Gasteiger charge is -2.28. The Bertz CT molecular complexity index is 728. The topological polar surface area (TPSA) is 32.3 Å². The molecule has 1 unspecified atom stereocenters. The predicted octanol–water partition coefficient (Wildman–Crippen LogP) is 4.81. The minimum atomic E-state index is -0.611. The highest BCUT2D eigenvalue weighted by Crippen LogP contribution is 2.31. The fraction of sp³-hybridized carbons (Fsp3) is 0.182. The molecule has 3 aromatic rings. The molecule has 122 valence electrons. The van der Waals surface area contributed by atoms with Crippen molar-refractivity contribution in [3.63, 3.8) is 0 Å². The summed E-state index contributed by atoms with van der Waals surface area (Å²) in [5, 5.41) is 14.6. The number of aliphatic hydroxyl groups excluding tert-OH is 1. The van der Waals surface area contributed by atoms with Gasteiger partial charge in [-0.2, -0.15) is 0 Å². The Morgan fingerprint density at radius 1 is 0.625 bits per heavy atom. The molecule has 0 fully saturated rings. The van der Waals surface area contributed by atoms with Gasteiger partial charge in [0.15, 0.2) is 0 Å². The molecule has 24 heavy (non-hydrogen) atoms. The van der Waals surface area contributed by atoms with Crippen LogP contribution in [0.25, 0.3) is 0 Å². The van der Waals surface area contributed by atoms with E-state index in [0.717, 1.165) is 11.1 Å². The van der Waals surface area contributed by atoms with E-state index in [1.165, 1.54) is 5.56 Å². The van der Waals surface area contributed by atoms with Gasteiger partial charge in [-0.15, -0.1) is 0 Å². The number of rotatable bonds is 6. The fourth-order valence-electron chi connectivity index (χ4n) is 2.98. The summed E-state index contributed by atoms with van der Waals surface area (Å²) < 4.78 is 0. The molecule has 0 amide bonds. The van der Waals surface area contributed by atoms with Crippen molar-refractivity contribution in [2.75, 3.05) is 0 Å². The zero-order chi connectivity index (χ0) is 16.8. The molecule has 0 spiro atoms. The molecular formula is C22H23NO. The predicted molar refractivity (Wildman–Crippen MR) is 98.6 cm³/mol. The minimum Gasteiger partial charge on any atom is -0.386 e. The summed E-state index contributed by atoms with van der Waals surface area (Å²) in [6.45, 7) is 2.13. The maximum absolute atomic E-state index is 11.0. The van der Waals surface area contributed by atoms with Crippen LogP contribution in [-0.4, -0.2) is 5.11 Å². The summed E-state index contributed by atoms with van der Waals surface area (Å²) in [5.41, 5.74) is 3.20. The molecule has 0 aromatic heterocycles. The van der Waals surface area contributed by atoms with E-state index in [4.69, 9.17) is 0 Å².